The largest absolute Gasteiger partial charge is 0.385 e. The van der Waals surface area contributed by atoms with E-state index in [4.69, 9.17) is 0 Å². The van der Waals surface area contributed by atoms with Crippen LogP contribution in [-0.2, 0) is 12.1 Å². The molecular weight excluding hydrogens is 310 g/mol. The van der Waals surface area contributed by atoms with Crippen LogP contribution in [0.2, 0.25) is 0 Å². The molecule has 2 aromatic rings. The number of likely N-dealkylation sites (tertiary alicyclic amines) is 1. The van der Waals surface area contributed by atoms with Crippen LogP contribution in [-0.4, -0.2) is 33.1 Å². The minimum Gasteiger partial charge on any atom is -0.385 e. The van der Waals surface area contributed by atoms with Crippen molar-refractivity contribution in [1.82, 2.24) is 14.9 Å². The van der Waals surface area contributed by atoms with Crippen molar-refractivity contribution in [3.8, 4) is 0 Å². The van der Waals surface area contributed by atoms with E-state index in [1.165, 1.54) is 12.0 Å². The van der Waals surface area contributed by atoms with Crippen molar-refractivity contribution in [3.05, 3.63) is 59.2 Å². The number of benzene rings is 1. The fraction of sp³-hybridized carbons (Fsp3) is 0.524. The Labute approximate surface area is 149 Å². The summed E-state index contributed by atoms with van der Waals surface area (Å²) in [6.45, 7) is 6.89. The van der Waals surface area contributed by atoms with Gasteiger partial charge in [0.05, 0.1) is 5.60 Å². The van der Waals surface area contributed by atoms with Gasteiger partial charge in [-0.1, -0.05) is 29.8 Å². The van der Waals surface area contributed by atoms with Gasteiger partial charge in [-0.15, -0.1) is 0 Å². The molecular formula is C21H27N3O. The van der Waals surface area contributed by atoms with Crippen molar-refractivity contribution in [2.45, 2.75) is 45.3 Å². The number of fused-ring (bicyclic) bond motifs is 1. The van der Waals surface area contributed by atoms with Gasteiger partial charge in [-0.25, -0.2) is 9.97 Å². The van der Waals surface area contributed by atoms with E-state index in [1.807, 2.05) is 19.3 Å². The standard InChI is InChI=1S/C21H27N3O/c1-15-5-7-19(8-6-15)21(25)9-3-4-18-13-24(14-20(18)21)12-17-10-22-16(2)23-11-17/h5-8,10-11,18,20,25H,3-4,9,12-14H2,1-2H3/t18-,20-,21+/m0/s1. The fourth-order valence-electron chi connectivity index (χ4n) is 4.70. The molecule has 1 saturated carbocycles. The molecule has 1 aromatic carbocycles. The van der Waals surface area contributed by atoms with E-state index in [1.54, 1.807) is 0 Å². The first-order valence-electron chi connectivity index (χ1n) is 9.34. The smallest absolute Gasteiger partial charge is 0.125 e. The summed E-state index contributed by atoms with van der Waals surface area (Å²) in [6, 6.07) is 8.48. The Bertz CT molecular complexity index is 728. The third-order valence-corrected chi connectivity index (χ3v) is 6.05. The first kappa shape index (κ1) is 16.7. The van der Waals surface area contributed by atoms with Gasteiger partial charge in [-0.3, -0.25) is 4.90 Å². The minimum absolute atomic E-state index is 0.315. The van der Waals surface area contributed by atoms with Crippen LogP contribution in [0.1, 0.15) is 41.8 Å². The quantitative estimate of drug-likeness (QED) is 0.934. The zero-order valence-corrected chi connectivity index (χ0v) is 15.2. The van der Waals surface area contributed by atoms with E-state index in [0.717, 1.165) is 49.4 Å². The lowest BCUT2D eigenvalue weighted by molar-refractivity contribution is -0.0648. The predicted octanol–water partition coefficient (Wildman–Crippen LogP) is 3.21. The highest BCUT2D eigenvalue weighted by molar-refractivity contribution is 5.28. The summed E-state index contributed by atoms with van der Waals surface area (Å²) in [7, 11) is 0. The highest BCUT2D eigenvalue weighted by Gasteiger charge is 2.49. The summed E-state index contributed by atoms with van der Waals surface area (Å²) < 4.78 is 0. The number of nitrogens with zero attached hydrogens (tertiary/aromatic N) is 3. The average molecular weight is 337 g/mol. The fourth-order valence-corrected chi connectivity index (χ4v) is 4.70. The second-order valence-electron chi connectivity index (χ2n) is 7.88. The number of hydrogen-bond acceptors (Lipinski definition) is 4. The van der Waals surface area contributed by atoms with Crippen LogP contribution >= 0.6 is 0 Å². The minimum atomic E-state index is -0.685. The topological polar surface area (TPSA) is 49.2 Å². The monoisotopic (exact) mass is 337 g/mol. The van der Waals surface area contributed by atoms with Crippen molar-refractivity contribution in [2.75, 3.05) is 13.1 Å². The third kappa shape index (κ3) is 3.21. The highest BCUT2D eigenvalue weighted by Crippen LogP contribution is 2.48. The Morgan fingerprint density at radius 3 is 2.56 bits per heavy atom. The van der Waals surface area contributed by atoms with E-state index in [9.17, 15) is 5.11 Å². The molecule has 0 unspecified atom stereocenters. The maximum absolute atomic E-state index is 11.6. The zero-order chi connectivity index (χ0) is 17.4. The van der Waals surface area contributed by atoms with E-state index in [0.29, 0.717) is 11.8 Å². The predicted molar refractivity (Wildman–Crippen MR) is 98.0 cm³/mol. The Kier molecular flexibility index (Phi) is 4.34. The summed E-state index contributed by atoms with van der Waals surface area (Å²) >= 11 is 0. The molecule has 1 N–H and O–H groups in total. The normalized spacial score (nSPS) is 29.6. The van der Waals surface area contributed by atoms with Crippen LogP contribution in [0.4, 0.5) is 0 Å². The SMILES string of the molecule is Cc1ccc([C@]2(O)CCC[C@H]3CN(Cc4cnc(C)nc4)C[C@@H]32)cc1. The number of hydrogen-bond donors (Lipinski definition) is 1. The molecule has 25 heavy (non-hydrogen) atoms. The van der Waals surface area contributed by atoms with Gasteiger partial charge in [-0.05, 0) is 44.6 Å². The van der Waals surface area contributed by atoms with Gasteiger partial charge < -0.3 is 5.11 Å². The van der Waals surface area contributed by atoms with Gasteiger partial charge in [0, 0.05) is 43.5 Å². The van der Waals surface area contributed by atoms with E-state index in [-0.39, 0.29) is 0 Å². The third-order valence-electron chi connectivity index (χ3n) is 6.05. The number of aromatic nitrogens is 2. The van der Waals surface area contributed by atoms with Crippen LogP contribution < -0.4 is 0 Å². The van der Waals surface area contributed by atoms with Crippen LogP contribution in [0.3, 0.4) is 0 Å². The molecule has 1 aliphatic heterocycles. The summed E-state index contributed by atoms with van der Waals surface area (Å²) in [5.74, 6) is 1.70. The molecule has 2 aliphatic rings. The van der Waals surface area contributed by atoms with Gasteiger partial charge in [0.2, 0.25) is 0 Å². The van der Waals surface area contributed by atoms with Crippen LogP contribution in [0.25, 0.3) is 0 Å². The summed E-state index contributed by atoms with van der Waals surface area (Å²) in [4.78, 5) is 11.1. The van der Waals surface area contributed by atoms with Crippen LogP contribution in [0.15, 0.2) is 36.7 Å². The van der Waals surface area contributed by atoms with Gasteiger partial charge >= 0.3 is 0 Å². The summed E-state index contributed by atoms with van der Waals surface area (Å²) in [5.41, 5.74) is 2.80. The molecule has 4 rings (SSSR count). The molecule has 0 radical (unpaired) electrons. The molecule has 1 saturated heterocycles. The molecule has 0 bridgehead atoms. The number of aliphatic hydroxyl groups is 1. The van der Waals surface area contributed by atoms with Gasteiger partial charge in [0.15, 0.2) is 0 Å². The van der Waals surface area contributed by atoms with Gasteiger partial charge in [0.25, 0.3) is 0 Å². The second-order valence-corrected chi connectivity index (χ2v) is 7.88. The first-order valence-corrected chi connectivity index (χ1v) is 9.34. The number of aryl methyl sites for hydroxylation is 2. The summed E-state index contributed by atoms with van der Waals surface area (Å²) in [6.07, 6.45) is 7.05. The second kappa shape index (κ2) is 6.50. The lowest BCUT2D eigenvalue weighted by Gasteiger charge is -2.41. The Morgan fingerprint density at radius 2 is 1.84 bits per heavy atom. The molecule has 0 amide bonds. The van der Waals surface area contributed by atoms with Gasteiger partial charge in [0.1, 0.15) is 5.82 Å². The highest BCUT2D eigenvalue weighted by atomic mass is 16.3. The Hall–Kier alpha value is -1.78. The lowest BCUT2D eigenvalue weighted by Crippen LogP contribution is -2.42. The van der Waals surface area contributed by atoms with E-state index < -0.39 is 5.60 Å². The van der Waals surface area contributed by atoms with Crippen molar-refractivity contribution in [1.29, 1.82) is 0 Å². The Balaban J connectivity index is 1.53. The van der Waals surface area contributed by atoms with Crippen molar-refractivity contribution in [3.63, 3.8) is 0 Å². The van der Waals surface area contributed by atoms with Crippen LogP contribution in [0, 0.1) is 25.7 Å². The van der Waals surface area contributed by atoms with Crippen molar-refractivity contribution < 1.29 is 5.11 Å². The summed E-state index contributed by atoms with van der Waals surface area (Å²) in [5, 5.41) is 11.6. The maximum atomic E-state index is 11.6. The van der Waals surface area contributed by atoms with E-state index in [2.05, 4.69) is 46.1 Å². The molecule has 0 spiro atoms. The molecule has 4 heteroatoms. The van der Waals surface area contributed by atoms with Crippen molar-refractivity contribution >= 4 is 0 Å². The average Bonchev–Trinajstić information content (AvgIpc) is 3.02. The van der Waals surface area contributed by atoms with Gasteiger partial charge in [-0.2, -0.15) is 0 Å². The molecule has 2 fully saturated rings. The molecule has 2 heterocycles. The molecule has 1 aliphatic carbocycles. The molecule has 1 aromatic heterocycles. The maximum Gasteiger partial charge on any atom is 0.125 e. The lowest BCUT2D eigenvalue weighted by atomic mass is 9.67. The first-order chi connectivity index (χ1) is 12.0. The van der Waals surface area contributed by atoms with Crippen LogP contribution in [0.5, 0.6) is 0 Å². The van der Waals surface area contributed by atoms with Crippen molar-refractivity contribution in [2.24, 2.45) is 11.8 Å². The molecule has 3 atom stereocenters. The zero-order valence-electron chi connectivity index (χ0n) is 15.2. The Morgan fingerprint density at radius 1 is 1.12 bits per heavy atom. The number of rotatable bonds is 3. The molecule has 4 nitrogen and oxygen atoms in total. The van der Waals surface area contributed by atoms with E-state index >= 15 is 0 Å². The molecule has 132 valence electrons.